The maximum absolute atomic E-state index is 12.3. The Labute approximate surface area is 105 Å². The van der Waals surface area contributed by atoms with Crippen LogP contribution in [0.4, 0.5) is 0 Å². The van der Waals surface area contributed by atoms with Crippen molar-refractivity contribution in [1.29, 1.82) is 0 Å². The fourth-order valence-corrected chi connectivity index (χ4v) is 2.41. The number of hydrogen-bond donors (Lipinski definition) is 2. The molecule has 0 aromatic heterocycles. The van der Waals surface area contributed by atoms with Crippen LogP contribution in [0.5, 0.6) is 0 Å². The first-order chi connectivity index (χ1) is 8.50. The molecule has 2 rings (SSSR count). The number of carbonyl (C=O) groups excluding carboxylic acids is 2. The Kier molecular flexibility index (Phi) is 3.54. The van der Waals surface area contributed by atoms with E-state index in [1.54, 1.807) is 0 Å². The minimum absolute atomic E-state index is 0.0846. The minimum Gasteiger partial charge on any atom is -0.481 e. The number of nitrogens with one attached hydrogen (secondary N) is 1. The molecule has 2 amide bonds. The first-order valence-electron chi connectivity index (χ1n) is 6.30. The summed E-state index contributed by atoms with van der Waals surface area (Å²) in [7, 11) is 0. The van der Waals surface area contributed by atoms with Gasteiger partial charge < -0.3 is 15.3 Å². The second kappa shape index (κ2) is 4.96. The third-order valence-corrected chi connectivity index (χ3v) is 3.70. The van der Waals surface area contributed by atoms with Gasteiger partial charge in [0, 0.05) is 19.0 Å². The van der Waals surface area contributed by atoms with Gasteiger partial charge in [-0.2, -0.15) is 0 Å². The molecule has 0 aromatic rings. The van der Waals surface area contributed by atoms with E-state index in [1.165, 1.54) is 4.90 Å². The quantitative estimate of drug-likeness (QED) is 0.729. The second-order valence-electron chi connectivity index (χ2n) is 5.06. The molecule has 1 saturated heterocycles. The summed E-state index contributed by atoms with van der Waals surface area (Å²) in [5.74, 6) is -1.20. The van der Waals surface area contributed by atoms with E-state index in [4.69, 9.17) is 5.11 Å². The van der Waals surface area contributed by atoms with Crippen LogP contribution in [0.2, 0.25) is 0 Å². The van der Waals surface area contributed by atoms with Crippen LogP contribution in [0.15, 0.2) is 0 Å². The Morgan fingerprint density at radius 1 is 1.50 bits per heavy atom. The van der Waals surface area contributed by atoms with Crippen molar-refractivity contribution in [2.75, 3.05) is 13.1 Å². The average molecular weight is 254 g/mol. The summed E-state index contributed by atoms with van der Waals surface area (Å²) in [6.45, 7) is 2.67. The highest BCUT2D eigenvalue weighted by Crippen LogP contribution is 2.37. The van der Waals surface area contributed by atoms with E-state index in [9.17, 15) is 14.4 Å². The SMILES string of the molecule is CC(C(=O)N1CCNC(=O)C1CC(=O)O)C1CC1. The van der Waals surface area contributed by atoms with Crippen molar-refractivity contribution in [2.24, 2.45) is 11.8 Å². The van der Waals surface area contributed by atoms with Gasteiger partial charge in [-0.15, -0.1) is 0 Å². The highest BCUT2D eigenvalue weighted by Gasteiger charge is 2.40. The molecule has 1 saturated carbocycles. The Hall–Kier alpha value is -1.59. The standard InChI is InChI=1S/C12H18N2O4/c1-7(8-2-3-8)12(18)14-5-4-13-11(17)9(14)6-10(15)16/h7-9H,2-6H2,1H3,(H,13,17)(H,15,16). The van der Waals surface area contributed by atoms with E-state index < -0.39 is 12.0 Å². The highest BCUT2D eigenvalue weighted by atomic mass is 16.4. The summed E-state index contributed by atoms with van der Waals surface area (Å²) in [6.07, 6.45) is 1.78. The number of piperazine rings is 1. The van der Waals surface area contributed by atoms with E-state index >= 15 is 0 Å². The van der Waals surface area contributed by atoms with Crippen molar-refractivity contribution in [3.63, 3.8) is 0 Å². The molecule has 2 atom stereocenters. The van der Waals surface area contributed by atoms with Crippen LogP contribution in [0.1, 0.15) is 26.2 Å². The molecule has 1 aliphatic carbocycles. The van der Waals surface area contributed by atoms with E-state index in [0.29, 0.717) is 19.0 Å². The minimum atomic E-state index is -1.06. The zero-order chi connectivity index (χ0) is 13.3. The topological polar surface area (TPSA) is 86.7 Å². The fraction of sp³-hybridized carbons (Fsp3) is 0.750. The summed E-state index contributed by atoms with van der Waals surface area (Å²) in [5, 5.41) is 11.4. The molecule has 2 aliphatic rings. The van der Waals surface area contributed by atoms with Crippen molar-refractivity contribution in [3.05, 3.63) is 0 Å². The predicted molar refractivity (Wildman–Crippen MR) is 62.7 cm³/mol. The van der Waals surface area contributed by atoms with Crippen LogP contribution in [-0.2, 0) is 14.4 Å². The van der Waals surface area contributed by atoms with E-state index in [0.717, 1.165) is 12.8 Å². The van der Waals surface area contributed by atoms with Crippen LogP contribution in [0.3, 0.4) is 0 Å². The maximum atomic E-state index is 12.3. The Balaban J connectivity index is 2.08. The van der Waals surface area contributed by atoms with Gasteiger partial charge in [0.25, 0.3) is 0 Å². The Bertz CT molecular complexity index is 378. The lowest BCUT2D eigenvalue weighted by Gasteiger charge is -2.36. The van der Waals surface area contributed by atoms with Gasteiger partial charge in [0.1, 0.15) is 6.04 Å². The van der Waals surface area contributed by atoms with Gasteiger partial charge in [0.15, 0.2) is 0 Å². The summed E-state index contributed by atoms with van der Waals surface area (Å²) in [4.78, 5) is 36.2. The van der Waals surface area contributed by atoms with Gasteiger partial charge in [-0.3, -0.25) is 14.4 Å². The van der Waals surface area contributed by atoms with Crippen LogP contribution >= 0.6 is 0 Å². The molecule has 0 spiro atoms. The highest BCUT2D eigenvalue weighted by molar-refractivity contribution is 5.92. The molecule has 18 heavy (non-hydrogen) atoms. The predicted octanol–water partition coefficient (Wildman–Crippen LogP) is -0.166. The first kappa shape index (κ1) is 12.9. The molecule has 6 heteroatoms. The van der Waals surface area contributed by atoms with Crippen LogP contribution < -0.4 is 5.32 Å². The molecule has 2 N–H and O–H groups in total. The Morgan fingerprint density at radius 2 is 2.17 bits per heavy atom. The summed E-state index contributed by atoms with van der Waals surface area (Å²) >= 11 is 0. The zero-order valence-corrected chi connectivity index (χ0v) is 10.4. The molecule has 1 heterocycles. The van der Waals surface area contributed by atoms with Gasteiger partial charge in [-0.05, 0) is 18.8 Å². The Morgan fingerprint density at radius 3 is 2.72 bits per heavy atom. The number of hydrogen-bond acceptors (Lipinski definition) is 3. The van der Waals surface area contributed by atoms with E-state index in [1.807, 2.05) is 6.92 Å². The molecule has 0 radical (unpaired) electrons. The fourth-order valence-electron chi connectivity index (χ4n) is 2.41. The number of carboxylic acid groups (broad SMARTS) is 1. The monoisotopic (exact) mass is 254 g/mol. The lowest BCUT2D eigenvalue weighted by molar-refractivity contribution is -0.150. The number of amides is 2. The third-order valence-electron chi connectivity index (χ3n) is 3.70. The second-order valence-corrected chi connectivity index (χ2v) is 5.06. The summed E-state index contributed by atoms with van der Waals surface area (Å²) < 4.78 is 0. The summed E-state index contributed by atoms with van der Waals surface area (Å²) in [5.41, 5.74) is 0. The van der Waals surface area contributed by atoms with Gasteiger partial charge in [0.05, 0.1) is 6.42 Å². The molecule has 0 bridgehead atoms. The van der Waals surface area contributed by atoms with Crippen molar-refractivity contribution in [2.45, 2.75) is 32.2 Å². The third kappa shape index (κ3) is 2.63. The van der Waals surface area contributed by atoms with Crippen molar-refractivity contribution in [3.8, 4) is 0 Å². The van der Waals surface area contributed by atoms with Gasteiger partial charge in [-0.25, -0.2) is 0 Å². The van der Waals surface area contributed by atoms with E-state index in [-0.39, 0.29) is 24.2 Å². The lowest BCUT2D eigenvalue weighted by Crippen LogP contribution is -2.58. The molecule has 100 valence electrons. The number of carbonyl (C=O) groups is 3. The van der Waals surface area contributed by atoms with Gasteiger partial charge in [-0.1, -0.05) is 6.92 Å². The van der Waals surface area contributed by atoms with Crippen molar-refractivity contribution in [1.82, 2.24) is 10.2 Å². The van der Waals surface area contributed by atoms with Crippen molar-refractivity contribution < 1.29 is 19.5 Å². The van der Waals surface area contributed by atoms with Gasteiger partial charge >= 0.3 is 5.97 Å². The number of rotatable bonds is 4. The van der Waals surface area contributed by atoms with E-state index in [2.05, 4.69) is 5.32 Å². The van der Waals surface area contributed by atoms with Crippen LogP contribution in [0.25, 0.3) is 0 Å². The number of aliphatic carboxylic acids is 1. The molecule has 2 fully saturated rings. The molecular weight excluding hydrogens is 236 g/mol. The van der Waals surface area contributed by atoms with Crippen molar-refractivity contribution >= 4 is 17.8 Å². The normalized spacial score (nSPS) is 25.5. The number of nitrogens with zero attached hydrogens (tertiary/aromatic N) is 1. The summed E-state index contributed by atoms with van der Waals surface area (Å²) in [6, 6.07) is -0.857. The molecule has 2 unspecified atom stereocenters. The molecule has 6 nitrogen and oxygen atoms in total. The van der Waals surface area contributed by atoms with Gasteiger partial charge in [0.2, 0.25) is 11.8 Å². The zero-order valence-electron chi connectivity index (χ0n) is 10.4. The molecular formula is C12H18N2O4. The largest absolute Gasteiger partial charge is 0.481 e. The lowest BCUT2D eigenvalue weighted by atomic mass is 10.0. The average Bonchev–Trinajstić information content (AvgIpc) is 3.13. The first-order valence-corrected chi connectivity index (χ1v) is 6.30. The van der Waals surface area contributed by atoms with Crippen LogP contribution in [-0.4, -0.2) is 46.9 Å². The molecule has 1 aliphatic heterocycles. The van der Waals surface area contributed by atoms with Crippen LogP contribution in [0, 0.1) is 11.8 Å². The maximum Gasteiger partial charge on any atom is 0.305 e. The number of carboxylic acids is 1. The molecule has 0 aromatic carbocycles. The smallest absolute Gasteiger partial charge is 0.305 e.